The van der Waals surface area contributed by atoms with Gasteiger partial charge in [0.25, 0.3) is 0 Å². The van der Waals surface area contributed by atoms with E-state index in [-0.39, 0.29) is 0 Å². The van der Waals surface area contributed by atoms with Gasteiger partial charge in [0.1, 0.15) is 0 Å². The van der Waals surface area contributed by atoms with Crippen LogP contribution in [0.15, 0.2) is 28.5 Å². The molecule has 3 aliphatic rings. The highest BCUT2D eigenvalue weighted by Gasteiger charge is 2.30. The van der Waals surface area contributed by atoms with Crippen molar-refractivity contribution in [2.24, 2.45) is 22.9 Å². The van der Waals surface area contributed by atoms with Gasteiger partial charge in [-0.05, 0) is 62.4 Å². The molecule has 1 unspecified atom stereocenters. The monoisotopic (exact) mass is 552 g/mol. The molecular formula is C32H56N8. The van der Waals surface area contributed by atoms with Gasteiger partial charge in [0, 0.05) is 39.9 Å². The zero-order valence-corrected chi connectivity index (χ0v) is 26.7. The van der Waals surface area contributed by atoms with Gasteiger partial charge in [-0.25, -0.2) is 0 Å². The van der Waals surface area contributed by atoms with Gasteiger partial charge in [-0.15, -0.1) is 20.4 Å². The third-order valence-electron chi connectivity index (χ3n) is 7.49. The molecule has 0 saturated heterocycles. The van der Waals surface area contributed by atoms with E-state index in [4.69, 9.17) is 15.9 Å². The summed E-state index contributed by atoms with van der Waals surface area (Å²) in [5.74, 6) is 3.77. The maximum Gasteiger partial charge on any atom is 0.176 e. The van der Waals surface area contributed by atoms with Crippen molar-refractivity contribution in [2.45, 2.75) is 144 Å². The lowest BCUT2D eigenvalue weighted by Crippen LogP contribution is -2.33. The van der Waals surface area contributed by atoms with Gasteiger partial charge in [0.05, 0.1) is 0 Å². The first-order chi connectivity index (χ1) is 19.2. The number of hydrogen-bond donors (Lipinski definition) is 1. The van der Waals surface area contributed by atoms with Gasteiger partial charge in [0.2, 0.25) is 0 Å². The normalized spacial score (nSPS) is 19.2. The van der Waals surface area contributed by atoms with Crippen LogP contribution in [0, 0.1) is 28.5 Å². The summed E-state index contributed by atoms with van der Waals surface area (Å²) >= 11 is 0. The Hall–Kier alpha value is -2.69. The minimum Gasteiger partial charge on any atom is -0.282 e. The van der Waals surface area contributed by atoms with Crippen LogP contribution in [-0.2, 0) is 0 Å². The van der Waals surface area contributed by atoms with Crippen molar-refractivity contribution >= 4 is 5.71 Å². The van der Waals surface area contributed by atoms with Crippen LogP contribution in [0.4, 0.5) is 0 Å². The van der Waals surface area contributed by atoms with Crippen LogP contribution in [0.1, 0.15) is 156 Å². The molecule has 1 saturated carbocycles. The highest BCUT2D eigenvalue weighted by molar-refractivity contribution is 5.91. The molecule has 1 aliphatic heterocycles. The van der Waals surface area contributed by atoms with E-state index in [9.17, 15) is 0 Å². The van der Waals surface area contributed by atoms with Crippen molar-refractivity contribution in [3.05, 3.63) is 35.1 Å². The summed E-state index contributed by atoms with van der Waals surface area (Å²) in [6.07, 6.45) is 21.1. The number of hydrazone groups is 1. The van der Waals surface area contributed by atoms with E-state index in [0.29, 0.717) is 41.2 Å². The Labute approximate surface area is 244 Å². The Morgan fingerprint density at radius 2 is 1.10 bits per heavy atom. The van der Waals surface area contributed by atoms with Crippen LogP contribution in [0.2, 0.25) is 0 Å². The Bertz CT molecular complexity index is 889. The molecule has 224 valence electrons. The maximum absolute atomic E-state index is 6.00. The Kier molecular flexibility index (Phi) is 17.9. The second-order valence-electron chi connectivity index (χ2n) is 12.3. The summed E-state index contributed by atoms with van der Waals surface area (Å²) in [4.78, 5) is 0. The highest BCUT2D eigenvalue weighted by Crippen LogP contribution is 2.36. The highest BCUT2D eigenvalue weighted by atomic mass is 15.3. The van der Waals surface area contributed by atoms with Crippen molar-refractivity contribution in [3.8, 4) is 0 Å². The molecule has 1 aromatic rings. The standard InChI is InChI=1S/C16H28N2.C8H14N4.C8H14.N2/c1-11(2)15-13-9-7-5-6-8-10-14(13)16(12(3)4)18-17-15;1-5(2)7-9-11-8(6(3)4)12-10-7;1-2-4-6-8-7-5-3-1;1-2/h11-13,18H,5-10H2,1-4H3;5-6H,1-4H3;1-2H,3-8H2;. The minimum atomic E-state index is 0.297. The van der Waals surface area contributed by atoms with Crippen LogP contribution in [0.25, 0.3) is 0 Å². The van der Waals surface area contributed by atoms with Crippen LogP contribution in [-0.4, -0.2) is 26.1 Å². The topological polar surface area (TPSA) is 124 Å². The Morgan fingerprint density at radius 1 is 0.625 bits per heavy atom. The van der Waals surface area contributed by atoms with Crippen LogP contribution in [0.5, 0.6) is 0 Å². The fourth-order valence-electron chi connectivity index (χ4n) is 5.14. The molecule has 0 bridgehead atoms. The molecule has 40 heavy (non-hydrogen) atoms. The summed E-state index contributed by atoms with van der Waals surface area (Å²) in [5.41, 5.74) is 7.83. The summed E-state index contributed by atoms with van der Waals surface area (Å²) in [6.45, 7) is 17.2. The first kappa shape index (κ1) is 35.3. The molecule has 8 heteroatoms. The number of hydrogen-bond acceptors (Lipinski definition) is 8. The predicted molar refractivity (Wildman–Crippen MR) is 165 cm³/mol. The summed E-state index contributed by atoms with van der Waals surface area (Å²) in [7, 11) is 0. The number of fused-ring (bicyclic) bond motifs is 1. The average molecular weight is 553 g/mol. The van der Waals surface area contributed by atoms with Crippen molar-refractivity contribution in [1.29, 1.82) is 10.8 Å². The number of nitrogens with zero attached hydrogens (tertiary/aromatic N) is 7. The smallest absolute Gasteiger partial charge is 0.176 e. The first-order valence-corrected chi connectivity index (χ1v) is 15.7. The van der Waals surface area contributed by atoms with E-state index < -0.39 is 0 Å². The molecule has 2 aliphatic carbocycles. The Morgan fingerprint density at radius 3 is 1.55 bits per heavy atom. The lowest BCUT2D eigenvalue weighted by molar-refractivity contribution is 0.484. The summed E-state index contributed by atoms with van der Waals surface area (Å²) < 4.78 is 0. The van der Waals surface area contributed by atoms with E-state index in [1.54, 1.807) is 5.57 Å². The molecule has 1 atom stereocenters. The quantitative estimate of drug-likeness (QED) is 0.292. The molecule has 1 aromatic heterocycles. The fraction of sp³-hybridized carbons (Fsp3) is 0.781. The zero-order chi connectivity index (χ0) is 29.9. The molecule has 0 spiro atoms. The van der Waals surface area contributed by atoms with Gasteiger partial charge in [-0.2, -0.15) is 5.10 Å². The van der Waals surface area contributed by atoms with E-state index in [1.807, 2.05) is 27.7 Å². The first-order valence-electron chi connectivity index (χ1n) is 15.7. The third kappa shape index (κ3) is 12.7. The molecule has 2 heterocycles. The molecule has 8 nitrogen and oxygen atoms in total. The van der Waals surface area contributed by atoms with Crippen LogP contribution in [0.3, 0.4) is 0 Å². The molecular weight excluding hydrogens is 496 g/mol. The third-order valence-corrected chi connectivity index (χ3v) is 7.49. The van der Waals surface area contributed by atoms with Gasteiger partial charge >= 0.3 is 0 Å². The number of nitrogens with one attached hydrogen (secondary N) is 1. The number of rotatable bonds is 4. The summed E-state index contributed by atoms with van der Waals surface area (Å²) in [6, 6.07) is 0. The molecule has 4 rings (SSSR count). The average Bonchev–Trinajstić information content (AvgIpc) is 2.90. The van der Waals surface area contributed by atoms with Crippen molar-refractivity contribution < 1.29 is 0 Å². The fourth-order valence-corrected chi connectivity index (χ4v) is 5.14. The van der Waals surface area contributed by atoms with Crippen LogP contribution >= 0.6 is 0 Å². The maximum atomic E-state index is 6.00. The van der Waals surface area contributed by atoms with E-state index in [0.717, 1.165) is 0 Å². The van der Waals surface area contributed by atoms with Gasteiger partial charge in [0.15, 0.2) is 11.6 Å². The van der Waals surface area contributed by atoms with Crippen molar-refractivity contribution in [2.75, 3.05) is 0 Å². The van der Waals surface area contributed by atoms with Crippen molar-refractivity contribution in [1.82, 2.24) is 25.8 Å². The SMILES string of the molecule is C1=CCCCCCC1.CC(C)C1=NNC(C(C)C)=C2CCCCCCC12.CC(C)c1nnc(C(C)C)nn1.N#N. The molecule has 0 amide bonds. The predicted octanol–water partition coefficient (Wildman–Crippen LogP) is 8.92. The number of allylic oxidation sites excluding steroid dienone is 4. The molecule has 1 fully saturated rings. The van der Waals surface area contributed by atoms with E-state index >= 15 is 0 Å². The molecule has 1 N–H and O–H groups in total. The van der Waals surface area contributed by atoms with Gasteiger partial charge < -0.3 is 0 Å². The lowest BCUT2D eigenvalue weighted by atomic mass is 9.77. The van der Waals surface area contributed by atoms with Gasteiger partial charge in [-0.1, -0.05) is 99.6 Å². The minimum absolute atomic E-state index is 0.297. The molecule has 0 aromatic carbocycles. The zero-order valence-electron chi connectivity index (χ0n) is 26.7. The van der Waals surface area contributed by atoms with E-state index in [2.05, 4.69) is 65.7 Å². The second-order valence-corrected chi connectivity index (χ2v) is 12.3. The second kappa shape index (κ2) is 20.2. The Balaban J connectivity index is 0.000000314. The summed E-state index contributed by atoms with van der Waals surface area (Å²) in [5, 5.41) is 32.6. The lowest BCUT2D eigenvalue weighted by Gasteiger charge is -2.34. The van der Waals surface area contributed by atoms with Crippen molar-refractivity contribution in [3.63, 3.8) is 0 Å². The number of aromatic nitrogens is 4. The van der Waals surface area contributed by atoms with E-state index in [1.165, 1.54) is 88.5 Å². The van der Waals surface area contributed by atoms with Gasteiger partial charge in [-0.3, -0.25) is 5.43 Å². The molecule has 0 radical (unpaired) electrons. The van der Waals surface area contributed by atoms with Crippen LogP contribution < -0.4 is 5.43 Å². The largest absolute Gasteiger partial charge is 0.282 e.